The summed E-state index contributed by atoms with van der Waals surface area (Å²) >= 11 is 6.29. The molecule has 3 fully saturated rings. The number of fused-ring (bicyclic) bond motifs is 2. The first-order chi connectivity index (χ1) is 12.2. The molecule has 1 amide bonds. The summed E-state index contributed by atoms with van der Waals surface area (Å²) < 4.78 is 6.00. The Morgan fingerprint density at radius 3 is 2.72 bits per heavy atom. The van der Waals surface area contributed by atoms with Crippen LogP contribution in [0.15, 0.2) is 24.3 Å². The fourth-order valence-corrected chi connectivity index (χ4v) is 4.09. The van der Waals surface area contributed by atoms with E-state index in [9.17, 15) is 4.79 Å². The average molecular weight is 359 g/mol. The highest BCUT2D eigenvalue weighted by Gasteiger charge is 2.41. The zero-order valence-electron chi connectivity index (χ0n) is 13.6. The number of anilines is 1. The maximum atomic E-state index is 12.4. The molecule has 1 aromatic heterocycles. The number of benzene rings is 1. The van der Waals surface area contributed by atoms with Crippen LogP contribution in [0.4, 0.5) is 5.69 Å². The van der Waals surface area contributed by atoms with E-state index in [1.165, 1.54) is 0 Å². The van der Waals surface area contributed by atoms with Gasteiger partial charge in [0.2, 0.25) is 0 Å². The van der Waals surface area contributed by atoms with Gasteiger partial charge in [-0.3, -0.25) is 9.89 Å². The Kier molecular flexibility index (Phi) is 3.58. The van der Waals surface area contributed by atoms with Gasteiger partial charge >= 0.3 is 0 Å². The van der Waals surface area contributed by atoms with Crippen molar-refractivity contribution >= 4 is 23.2 Å². The van der Waals surface area contributed by atoms with Crippen molar-refractivity contribution in [2.75, 3.05) is 11.9 Å². The molecule has 2 aromatic rings. The van der Waals surface area contributed by atoms with E-state index >= 15 is 0 Å². The predicted molar refractivity (Wildman–Crippen MR) is 94.0 cm³/mol. The number of carbonyl (C=O) groups is 1. The molecule has 2 saturated heterocycles. The fourth-order valence-electron chi connectivity index (χ4n) is 3.76. The molecule has 3 atom stereocenters. The molecule has 130 valence electrons. The molecule has 1 saturated carbocycles. The van der Waals surface area contributed by atoms with Crippen LogP contribution in [0.25, 0.3) is 0 Å². The number of ether oxygens (including phenoxy) is 1. The highest BCUT2D eigenvalue weighted by Crippen LogP contribution is 2.43. The van der Waals surface area contributed by atoms with Gasteiger partial charge in [0, 0.05) is 24.2 Å². The molecular weight excluding hydrogens is 340 g/mol. The molecule has 1 aromatic carbocycles. The van der Waals surface area contributed by atoms with Crippen molar-refractivity contribution in [1.82, 2.24) is 15.5 Å². The molecule has 3 N–H and O–H groups in total. The van der Waals surface area contributed by atoms with Crippen molar-refractivity contribution in [1.29, 1.82) is 0 Å². The number of carbonyl (C=O) groups excluding carboxylic acids is 1. The van der Waals surface area contributed by atoms with Gasteiger partial charge in [0.25, 0.3) is 5.91 Å². The molecule has 3 heterocycles. The van der Waals surface area contributed by atoms with Gasteiger partial charge in [-0.25, -0.2) is 0 Å². The quantitative estimate of drug-likeness (QED) is 0.785. The maximum Gasteiger partial charge on any atom is 0.277 e. The lowest BCUT2D eigenvalue weighted by atomic mass is 10.0. The molecule has 7 heteroatoms. The van der Waals surface area contributed by atoms with Crippen LogP contribution in [0.2, 0.25) is 5.02 Å². The number of hydrogen-bond donors (Lipinski definition) is 3. The van der Waals surface area contributed by atoms with Crippen molar-refractivity contribution in [2.24, 2.45) is 0 Å². The molecule has 2 bridgehead atoms. The molecule has 0 radical (unpaired) electrons. The third kappa shape index (κ3) is 2.74. The third-order valence-corrected chi connectivity index (χ3v) is 5.64. The van der Waals surface area contributed by atoms with Crippen LogP contribution in [0.3, 0.4) is 0 Å². The summed E-state index contributed by atoms with van der Waals surface area (Å²) in [5.41, 5.74) is 2.99. The van der Waals surface area contributed by atoms with Gasteiger partial charge in [-0.1, -0.05) is 23.7 Å². The highest BCUT2D eigenvalue weighted by molar-refractivity contribution is 6.34. The maximum absolute atomic E-state index is 12.4. The van der Waals surface area contributed by atoms with E-state index in [4.69, 9.17) is 16.3 Å². The topological polar surface area (TPSA) is 79.0 Å². The predicted octanol–water partition coefficient (Wildman–Crippen LogP) is 2.99. The molecule has 6 nitrogen and oxygen atoms in total. The average Bonchev–Trinajstić information content (AvgIpc) is 3.05. The number of H-pyrrole nitrogens is 1. The van der Waals surface area contributed by atoms with Crippen molar-refractivity contribution in [3.63, 3.8) is 0 Å². The standard InChI is InChI=1S/C18H19ClN4O2/c19-14-15(9-1-2-9)22-23-16(14)18(24)21-11-5-3-10(4-6-11)17-13-7-12(25-17)8-20-13/h3-6,9,12-13,17,20H,1-2,7-8H2,(H,21,24)(H,22,23)/t12-,13-,17+/m0/s1. The molecular formula is C18H19ClN4O2. The SMILES string of the molecule is O=C(Nc1ccc([C@H]2O[C@@H]3CN[C@H]2C3)cc1)c1n[nH]c(C2CC2)c1Cl. The van der Waals surface area contributed by atoms with Gasteiger partial charge in [0.1, 0.15) is 0 Å². The van der Waals surface area contributed by atoms with Crippen LogP contribution in [-0.4, -0.2) is 34.8 Å². The number of nitrogens with one attached hydrogen (secondary N) is 3. The minimum absolute atomic E-state index is 0.102. The van der Waals surface area contributed by atoms with Crippen LogP contribution in [0, 0.1) is 0 Å². The lowest BCUT2D eigenvalue weighted by Gasteiger charge is -2.23. The Morgan fingerprint density at radius 1 is 1.28 bits per heavy atom. The Labute approximate surface area is 150 Å². The van der Waals surface area contributed by atoms with Crippen LogP contribution < -0.4 is 10.6 Å². The monoisotopic (exact) mass is 358 g/mol. The van der Waals surface area contributed by atoms with Gasteiger partial charge in [0.05, 0.1) is 22.9 Å². The summed E-state index contributed by atoms with van der Waals surface area (Å²) in [7, 11) is 0. The summed E-state index contributed by atoms with van der Waals surface area (Å²) in [6.07, 6.45) is 3.71. The van der Waals surface area contributed by atoms with Crippen LogP contribution in [-0.2, 0) is 4.74 Å². The minimum Gasteiger partial charge on any atom is -0.367 e. The largest absolute Gasteiger partial charge is 0.367 e. The number of aromatic nitrogens is 2. The van der Waals surface area contributed by atoms with Gasteiger partial charge in [-0.15, -0.1) is 0 Å². The summed E-state index contributed by atoms with van der Waals surface area (Å²) in [5, 5.41) is 13.8. The van der Waals surface area contributed by atoms with Crippen molar-refractivity contribution in [3.05, 3.63) is 46.2 Å². The van der Waals surface area contributed by atoms with Crippen molar-refractivity contribution < 1.29 is 9.53 Å². The summed E-state index contributed by atoms with van der Waals surface area (Å²) in [6, 6.07) is 8.19. The van der Waals surface area contributed by atoms with E-state index in [2.05, 4.69) is 20.8 Å². The normalized spacial score (nSPS) is 27.6. The Balaban J connectivity index is 1.28. The van der Waals surface area contributed by atoms with Gasteiger partial charge in [-0.2, -0.15) is 5.10 Å². The second kappa shape index (κ2) is 5.83. The van der Waals surface area contributed by atoms with E-state index in [1.807, 2.05) is 24.3 Å². The second-order valence-electron chi connectivity index (χ2n) is 7.08. The molecule has 3 aliphatic rings. The lowest BCUT2D eigenvalue weighted by molar-refractivity contribution is 0.0160. The van der Waals surface area contributed by atoms with E-state index in [0.29, 0.717) is 23.1 Å². The first-order valence-electron chi connectivity index (χ1n) is 8.73. The van der Waals surface area contributed by atoms with Crippen LogP contribution >= 0.6 is 11.6 Å². The summed E-state index contributed by atoms with van der Waals surface area (Å²) in [6.45, 7) is 0.947. The first kappa shape index (κ1) is 15.4. The number of morpholine rings is 1. The summed E-state index contributed by atoms with van der Waals surface area (Å²) in [4.78, 5) is 12.4. The Hall–Kier alpha value is -1.89. The molecule has 25 heavy (non-hydrogen) atoms. The van der Waals surface area contributed by atoms with Gasteiger partial charge in [-0.05, 0) is 37.0 Å². The fraction of sp³-hybridized carbons (Fsp3) is 0.444. The molecule has 0 unspecified atom stereocenters. The van der Waals surface area contributed by atoms with Crippen molar-refractivity contribution in [2.45, 2.75) is 43.4 Å². The number of amides is 1. The first-order valence-corrected chi connectivity index (χ1v) is 9.11. The molecule has 0 spiro atoms. The third-order valence-electron chi connectivity index (χ3n) is 5.26. The number of halogens is 1. The van der Waals surface area contributed by atoms with Crippen LogP contribution in [0.5, 0.6) is 0 Å². The second-order valence-corrected chi connectivity index (χ2v) is 7.46. The van der Waals surface area contributed by atoms with E-state index in [-0.39, 0.29) is 17.7 Å². The smallest absolute Gasteiger partial charge is 0.277 e. The molecule has 2 aliphatic heterocycles. The minimum atomic E-state index is -0.293. The molecule has 5 rings (SSSR count). The zero-order valence-corrected chi connectivity index (χ0v) is 14.3. The Morgan fingerprint density at radius 2 is 2.08 bits per heavy atom. The Bertz CT molecular complexity index is 815. The molecule has 1 aliphatic carbocycles. The van der Waals surface area contributed by atoms with Gasteiger partial charge < -0.3 is 15.4 Å². The summed E-state index contributed by atoms with van der Waals surface area (Å²) in [5.74, 6) is 0.134. The van der Waals surface area contributed by atoms with Gasteiger partial charge in [0.15, 0.2) is 5.69 Å². The number of nitrogens with zero attached hydrogens (tertiary/aromatic N) is 1. The van der Waals surface area contributed by atoms with Crippen molar-refractivity contribution in [3.8, 4) is 0 Å². The number of hydrogen-bond acceptors (Lipinski definition) is 4. The van der Waals surface area contributed by atoms with Crippen LogP contribution in [0.1, 0.15) is 53.0 Å². The van der Waals surface area contributed by atoms with E-state index in [0.717, 1.165) is 42.8 Å². The number of aromatic amines is 1. The lowest BCUT2D eigenvalue weighted by Crippen LogP contribution is -2.33. The zero-order chi connectivity index (χ0) is 17.0. The number of rotatable bonds is 4. The van der Waals surface area contributed by atoms with E-state index < -0.39 is 0 Å². The van der Waals surface area contributed by atoms with E-state index in [1.54, 1.807) is 0 Å². The highest BCUT2D eigenvalue weighted by atomic mass is 35.5.